The molecule has 0 aromatic rings. The van der Waals surface area contributed by atoms with Crippen molar-refractivity contribution in [3.05, 3.63) is 0 Å². The molecule has 1 unspecified atom stereocenters. The van der Waals surface area contributed by atoms with Gasteiger partial charge in [0.15, 0.2) is 0 Å². The smallest absolute Gasteiger partial charge is 0.311 e. The maximum atomic E-state index is 12.7. The van der Waals surface area contributed by atoms with Crippen molar-refractivity contribution in [2.75, 3.05) is 19.6 Å². The first-order valence-corrected chi connectivity index (χ1v) is 7.33. The van der Waals surface area contributed by atoms with Crippen molar-refractivity contribution >= 4 is 0 Å². The second kappa shape index (κ2) is 5.60. The Morgan fingerprint density at radius 2 is 1.79 bits per heavy atom. The van der Waals surface area contributed by atoms with Crippen LogP contribution in [-0.4, -0.2) is 42.3 Å². The lowest BCUT2D eigenvalue weighted by atomic mass is 9.81. The Labute approximate surface area is 113 Å². The minimum Gasteiger partial charge on any atom is -0.311 e. The van der Waals surface area contributed by atoms with Crippen LogP contribution >= 0.6 is 0 Å². The third-order valence-electron chi connectivity index (χ3n) is 4.66. The third kappa shape index (κ3) is 4.09. The zero-order chi connectivity index (χ0) is 14.1. The molecule has 0 aromatic heterocycles. The van der Waals surface area contributed by atoms with Gasteiger partial charge in [-0.1, -0.05) is 19.3 Å². The lowest BCUT2D eigenvalue weighted by Crippen LogP contribution is -2.65. The molecular weight excluding hydrogens is 253 g/mol. The van der Waals surface area contributed by atoms with Gasteiger partial charge in [0.25, 0.3) is 0 Å². The molecule has 0 bridgehead atoms. The van der Waals surface area contributed by atoms with Crippen LogP contribution < -0.4 is 5.32 Å². The summed E-state index contributed by atoms with van der Waals surface area (Å²) in [7, 11) is 0. The van der Waals surface area contributed by atoms with Crippen molar-refractivity contribution < 1.29 is 13.2 Å². The lowest BCUT2D eigenvalue weighted by molar-refractivity contribution is -0.162. The SMILES string of the molecule is CC1(C)CNC(C2CCCCC2)CN1CC(F)(F)F. The van der Waals surface area contributed by atoms with E-state index in [1.165, 1.54) is 19.3 Å². The molecule has 2 nitrogen and oxygen atoms in total. The van der Waals surface area contributed by atoms with Crippen molar-refractivity contribution in [2.45, 2.75) is 63.7 Å². The van der Waals surface area contributed by atoms with Crippen LogP contribution in [0.15, 0.2) is 0 Å². The lowest BCUT2D eigenvalue weighted by Gasteiger charge is -2.48. The van der Waals surface area contributed by atoms with Crippen LogP contribution in [0.2, 0.25) is 0 Å². The summed E-state index contributed by atoms with van der Waals surface area (Å²) in [6.07, 6.45) is 1.96. The van der Waals surface area contributed by atoms with E-state index in [4.69, 9.17) is 0 Å². The fourth-order valence-corrected chi connectivity index (χ4v) is 3.39. The molecule has 0 aromatic carbocycles. The fraction of sp³-hybridized carbons (Fsp3) is 1.00. The Balaban J connectivity index is 1.99. The van der Waals surface area contributed by atoms with Crippen LogP contribution in [0.3, 0.4) is 0 Å². The Morgan fingerprint density at radius 1 is 1.16 bits per heavy atom. The molecule has 19 heavy (non-hydrogen) atoms. The maximum absolute atomic E-state index is 12.7. The van der Waals surface area contributed by atoms with Gasteiger partial charge in [0.05, 0.1) is 6.54 Å². The van der Waals surface area contributed by atoms with E-state index in [0.717, 1.165) is 12.8 Å². The van der Waals surface area contributed by atoms with E-state index in [1.54, 1.807) is 4.90 Å². The summed E-state index contributed by atoms with van der Waals surface area (Å²) in [5, 5.41) is 3.49. The molecule has 1 heterocycles. The number of hydrogen-bond donors (Lipinski definition) is 1. The number of nitrogens with zero attached hydrogens (tertiary/aromatic N) is 1. The summed E-state index contributed by atoms with van der Waals surface area (Å²) in [5.41, 5.74) is -0.416. The zero-order valence-electron chi connectivity index (χ0n) is 11.9. The average molecular weight is 278 g/mol. The number of hydrogen-bond acceptors (Lipinski definition) is 2. The summed E-state index contributed by atoms with van der Waals surface area (Å²) in [4.78, 5) is 1.61. The summed E-state index contributed by atoms with van der Waals surface area (Å²) >= 11 is 0. The van der Waals surface area contributed by atoms with Crippen LogP contribution in [0.4, 0.5) is 13.2 Å². The molecule has 2 aliphatic rings. The third-order valence-corrected chi connectivity index (χ3v) is 4.66. The molecule has 2 rings (SSSR count). The summed E-state index contributed by atoms with van der Waals surface area (Å²) in [6.45, 7) is 4.16. The van der Waals surface area contributed by atoms with E-state index in [2.05, 4.69) is 5.32 Å². The average Bonchev–Trinajstić information content (AvgIpc) is 2.31. The zero-order valence-corrected chi connectivity index (χ0v) is 11.9. The van der Waals surface area contributed by atoms with Crippen molar-refractivity contribution in [1.29, 1.82) is 0 Å². The van der Waals surface area contributed by atoms with Gasteiger partial charge in [-0.15, -0.1) is 0 Å². The Bertz CT molecular complexity index is 296. The van der Waals surface area contributed by atoms with Crippen LogP contribution in [0.5, 0.6) is 0 Å². The largest absolute Gasteiger partial charge is 0.401 e. The fourth-order valence-electron chi connectivity index (χ4n) is 3.39. The molecule has 0 spiro atoms. The first-order valence-electron chi connectivity index (χ1n) is 7.33. The van der Waals surface area contributed by atoms with Gasteiger partial charge in [0.1, 0.15) is 0 Å². The van der Waals surface area contributed by atoms with Crippen LogP contribution in [0, 0.1) is 5.92 Å². The first-order chi connectivity index (χ1) is 8.78. The van der Waals surface area contributed by atoms with Gasteiger partial charge in [0.2, 0.25) is 0 Å². The molecule has 0 radical (unpaired) electrons. The highest BCUT2D eigenvalue weighted by Crippen LogP contribution is 2.31. The molecule has 1 atom stereocenters. The van der Waals surface area contributed by atoms with Gasteiger partial charge < -0.3 is 5.32 Å². The van der Waals surface area contributed by atoms with Crippen molar-refractivity contribution in [3.8, 4) is 0 Å². The molecule has 1 N–H and O–H groups in total. The number of alkyl halides is 3. The molecule has 1 aliphatic heterocycles. The molecule has 1 saturated carbocycles. The van der Waals surface area contributed by atoms with Gasteiger partial charge in [0, 0.05) is 24.7 Å². The van der Waals surface area contributed by atoms with Crippen LogP contribution in [0.1, 0.15) is 46.0 Å². The molecule has 1 aliphatic carbocycles. The highest BCUT2D eigenvalue weighted by atomic mass is 19.4. The quantitative estimate of drug-likeness (QED) is 0.834. The van der Waals surface area contributed by atoms with Crippen LogP contribution in [-0.2, 0) is 0 Å². The molecular formula is C14H25F3N2. The van der Waals surface area contributed by atoms with Crippen LogP contribution in [0.25, 0.3) is 0 Å². The highest BCUT2D eigenvalue weighted by Gasteiger charge is 2.42. The number of rotatable bonds is 2. The monoisotopic (exact) mass is 278 g/mol. The van der Waals surface area contributed by atoms with Crippen molar-refractivity contribution in [3.63, 3.8) is 0 Å². The maximum Gasteiger partial charge on any atom is 0.401 e. The number of nitrogens with one attached hydrogen (secondary N) is 1. The second-order valence-corrected chi connectivity index (χ2v) is 6.69. The van der Waals surface area contributed by atoms with E-state index in [-0.39, 0.29) is 6.04 Å². The van der Waals surface area contributed by atoms with E-state index in [9.17, 15) is 13.2 Å². The van der Waals surface area contributed by atoms with Crippen molar-refractivity contribution in [1.82, 2.24) is 10.2 Å². The molecule has 1 saturated heterocycles. The van der Waals surface area contributed by atoms with E-state index in [0.29, 0.717) is 19.0 Å². The van der Waals surface area contributed by atoms with E-state index >= 15 is 0 Å². The van der Waals surface area contributed by atoms with E-state index in [1.807, 2.05) is 13.8 Å². The highest BCUT2D eigenvalue weighted by molar-refractivity contribution is 4.96. The van der Waals surface area contributed by atoms with Gasteiger partial charge in [-0.05, 0) is 32.6 Å². The Hall–Kier alpha value is -0.290. The minimum absolute atomic E-state index is 0.232. The number of halogens is 3. The summed E-state index contributed by atoms with van der Waals surface area (Å²) in [5.74, 6) is 0.556. The van der Waals surface area contributed by atoms with Gasteiger partial charge >= 0.3 is 6.18 Å². The standard InChI is InChI=1S/C14H25F3N2/c1-13(2)9-18-12(11-6-4-3-5-7-11)8-19(13)10-14(15,16)17/h11-12,18H,3-10H2,1-2H3. The van der Waals surface area contributed by atoms with Gasteiger partial charge in [-0.3, -0.25) is 4.90 Å². The summed E-state index contributed by atoms with van der Waals surface area (Å²) < 4.78 is 38.1. The van der Waals surface area contributed by atoms with E-state index < -0.39 is 18.3 Å². The second-order valence-electron chi connectivity index (χ2n) is 6.69. The first kappa shape index (κ1) is 15.1. The number of piperazine rings is 1. The summed E-state index contributed by atoms with van der Waals surface area (Å²) in [6, 6.07) is 0.232. The Kier molecular flexibility index (Phi) is 4.45. The minimum atomic E-state index is -4.11. The van der Waals surface area contributed by atoms with Gasteiger partial charge in [-0.2, -0.15) is 13.2 Å². The molecule has 0 amide bonds. The topological polar surface area (TPSA) is 15.3 Å². The van der Waals surface area contributed by atoms with Gasteiger partial charge in [-0.25, -0.2) is 0 Å². The molecule has 112 valence electrons. The molecule has 2 fully saturated rings. The predicted octanol–water partition coefficient (Wildman–Crippen LogP) is 3.18. The predicted molar refractivity (Wildman–Crippen MR) is 70.1 cm³/mol. The van der Waals surface area contributed by atoms with Crippen molar-refractivity contribution in [2.24, 2.45) is 5.92 Å². The molecule has 5 heteroatoms. The normalized spacial score (nSPS) is 30.5. The Morgan fingerprint density at radius 3 is 2.37 bits per heavy atom.